The van der Waals surface area contributed by atoms with E-state index < -0.39 is 5.85 Å². The van der Waals surface area contributed by atoms with Crippen LogP contribution in [0.4, 0.5) is 0 Å². The summed E-state index contributed by atoms with van der Waals surface area (Å²) in [5.41, 5.74) is 11.1. The van der Waals surface area contributed by atoms with E-state index in [1.807, 2.05) is 0 Å². The molecule has 26 heavy (non-hydrogen) atoms. The molecule has 5 nitrogen and oxygen atoms in total. The fourth-order valence-electron chi connectivity index (χ4n) is 2.96. The zero-order valence-electron chi connectivity index (χ0n) is 17.4. The number of nitrogens with zero attached hydrogens (tertiary/aromatic N) is 1. The van der Waals surface area contributed by atoms with Crippen molar-refractivity contribution in [3.05, 3.63) is 0 Å². The number of esters is 1. The number of rotatable bonds is 17. The van der Waals surface area contributed by atoms with Crippen molar-refractivity contribution in [3.63, 3.8) is 0 Å². The molecule has 0 bridgehead atoms. The zero-order chi connectivity index (χ0) is 19.0. The second kappa shape index (κ2) is 18.0. The molecule has 0 aromatic heterocycles. The third kappa shape index (κ3) is 20.0. The first-order chi connectivity index (χ1) is 11.9. The number of hydrogen-bond acceptors (Lipinski definition) is 5. The average Bonchev–Trinajstić information content (AvgIpc) is 2.51. The molecule has 0 unspecified atom stereocenters. The van der Waals surface area contributed by atoms with Crippen LogP contribution in [0.3, 0.4) is 0 Å². The molecule has 0 heterocycles. The molecule has 0 radical (unpaired) electrons. The summed E-state index contributed by atoms with van der Waals surface area (Å²) in [7, 11) is 0. The van der Waals surface area contributed by atoms with Crippen molar-refractivity contribution in [1.82, 2.24) is 4.90 Å². The van der Waals surface area contributed by atoms with Crippen molar-refractivity contribution in [3.8, 4) is 0 Å². The van der Waals surface area contributed by atoms with Gasteiger partial charge in [0.05, 0.1) is 6.54 Å². The third-order valence-corrected chi connectivity index (χ3v) is 4.34. The molecule has 0 aliphatic rings. The number of unbranched alkanes of at least 4 members (excludes halogenated alkanes) is 10. The second-order valence-electron chi connectivity index (χ2n) is 7.47. The lowest BCUT2D eigenvalue weighted by Gasteiger charge is -2.24. The van der Waals surface area contributed by atoms with E-state index in [0.717, 1.165) is 25.9 Å². The van der Waals surface area contributed by atoms with Crippen molar-refractivity contribution in [2.45, 2.75) is 104 Å². The van der Waals surface area contributed by atoms with Crippen LogP contribution in [0.25, 0.3) is 0 Å². The first-order valence-corrected chi connectivity index (χ1v) is 10.4. The molecular formula is C20H44ClN3O2. The maximum atomic E-state index is 12.0. The molecule has 0 aromatic carbocycles. The maximum absolute atomic E-state index is 12.0. The van der Waals surface area contributed by atoms with Gasteiger partial charge < -0.3 is 4.74 Å². The van der Waals surface area contributed by atoms with E-state index in [4.69, 9.17) is 16.2 Å². The summed E-state index contributed by atoms with van der Waals surface area (Å²) in [4.78, 5) is 14.2. The molecule has 0 saturated carbocycles. The number of carbonyl (C=O) groups excluding carboxylic acids is 1. The Labute approximate surface area is 168 Å². The molecule has 0 rings (SSSR count). The number of halogens is 1. The van der Waals surface area contributed by atoms with Crippen molar-refractivity contribution in [1.29, 1.82) is 0 Å². The van der Waals surface area contributed by atoms with Crippen LogP contribution in [0.2, 0.25) is 0 Å². The van der Waals surface area contributed by atoms with Crippen LogP contribution in [0.5, 0.6) is 0 Å². The molecule has 0 fully saturated rings. The lowest BCUT2D eigenvalue weighted by atomic mass is 10.1. The Bertz CT molecular complexity index is 307. The first kappa shape index (κ1) is 27.9. The Balaban J connectivity index is 0. The molecule has 0 aliphatic carbocycles. The van der Waals surface area contributed by atoms with E-state index in [9.17, 15) is 4.79 Å². The van der Waals surface area contributed by atoms with Gasteiger partial charge in [-0.25, -0.2) is 0 Å². The van der Waals surface area contributed by atoms with Crippen LogP contribution < -0.4 is 11.5 Å². The first-order valence-electron chi connectivity index (χ1n) is 10.4. The smallest absolute Gasteiger partial charge is 0.322 e. The highest BCUT2D eigenvalue weighted by molar-refractivity contribution is 5.85. The van der Waals surface area contributed by atoms with Crippen molar-refractivity contribution in [2.24, 2.45) is 11.5 Å². The number of ether oxygens (including phenoxy) is 1. The summed E-state index contributed by atoms with van der Waals surface area (Å²) in [5.74, 6) is -1.72. The van der Waals surface area contributed by atoms with Gasteiger partial charge in [-0.15, -0.1) is 12.4 Å². The van der Waals surface area contributed by atoms with Crippen LogP contribution in [0.1, 0.15) is 97.8 Å². The molecule has 6 heteroatoms. The summed E-state index contributed by atoms with van der Waals surface area (Å²) >= 11 is 0. The van der Waals surface area contributed by atoms with Gasteiger partial charge in [-0.1, -0.05) is 78.1 Å². The fraction of sp³-hybridized carbons (Fsp3) is 0.950. The Morgan fingerprint density at radius 2 is 1.19 bits per heavy atom. The van der Waals surface area contributed by atoms with Gasteiger partial charge >= 0.3 is 5.97 Å². The summed E-state index contributed by atoms with van der Waals surface area (Å²) in [6.07, 6.45) is 15.1. The summed E-state index contributed by atoms with van der Waals surface area (Å²) in [6.45, 7) is 8.14. The van der Waals surface area contributed by atoms with Crippen molar-refractivity contribution < 1.29 is 9.53 Å². The minimum atomic E-state index is -1.39. The van der Waals surface area contributed by atoms with Crippen LogP contribution in [-0.4, -0.2) is 36.4 Å². The highest BCUT2D eigenvalue weighted by Crippen LogP contribution is 2.09. The molecule has 4 N–H and O–H groups in total. The Hall–Kier alpha value is -0.360. The van der Waals surface area contributed by atoms with E-state index in [0.29, 0.717) is 0 Å². The van der Waals surface area contributed by atoms with Crippen LogP contribution in [0.15, 0.2) is 0 Å². The molecule has 0 amide bonds. The Morgan fingerprint density at radius 3 is 1.58 bits per heavy atom. The molecule has 0 spiro atoms. The van der Waals surface area contributed by atoms with Gasteiger partial charge in [-0.3, -0.25) is 21.2 Å². The molecule has 0 aromatic rings. The third-order valence-electron chi connectivity index (χ3n) is 4.34. The highest BCUT2D eigenvalue weighted by Gasteiger charge is 2.19. The van der Waals surface area contributed by atoms with Gasteiger partial charge in [0.1, 0.15) is 0 Å². The van der Waals surface area contributed by atoms with Gasteiger partial charge in [0, 0.05) is 6.92 Å². The topological polar surface area (TPSA) is 81.6 Å². The van der Waals surface area contributed by atoms with E-state index in [1.165, 1.54) is 71.1 Å². The predicted molar refractivity (Wildman–Crippen MR) is 113 cm³/mol. The normalized spacial score (nSPS) is 11.5. The van der Waals surface area contributed by atoms with E-state index in [2.05, 4.69) is 18.7 Å². The van der Waals surface area contributed by atoms with Crippen molar-refractivity contribution in [2.75, 3.05) is 19.6 Å². The number of hydrogen-bond donors (Lipinski definition) is 2. The second-order valence-corrected chi connectivity index (χ2v) is 7.47. The molecule has 0 saturated heterocycles. The van der Waals surface area contributed by atoms with Gasteiger partial charge in [0.15, 0.2) is 0 Å². The molecule has 0 atom stereocenters. The SMILES string of the molecule is CCCCCCCCN(CCCCCCCC)CC(=O)OC(C)(N)N.Cl. The van der Waals surface area contributed by atoms with E-state index >= 15 is 0 Å². The highest BCUT2D eigenvalue weighted by atomic mass is 35.5. The zero-order valence-corrected chi connectivity index (χ0v) is 18.2. The number of nitrogens with two attached hydrogens (primary N) is 2. The average molecular weight is 394 g/mol. The lowest BCUT2D eigenvalue weighted by molar-refractivity contribution is -0.158. The van der Waals surface area contributed by atoms with Crippen LogP contribution >= 0.6 is 12.4 Å². The van der Waals surface area contributed by atoms with E-state index in [-0.39, 0.29) is 24.9 Å². The van der Waals surface area contributed by atoms with Crippen LogP contribution in [-0.2, 0) is 9.53 Å². The standard InChI is InChI=1S/C20H43N3O2.ClH/c1-4-6-8-10-12-14-16-23(17-15-13-11-9-7-5-2)18-19(24)25-20(3,21)22;/h4-18,21-22H2,1-3H3;1H. The van der Waals surface area contributed by atoms with Gasteiger partial charge in [0.25, 0.3) is 0 Å². The lowest BCUT2D eigenvalue weighted by Crippen LogP contribution is -2.51. The minimum absolute atomic E-state index is 0. The quantitative estimate of drug-likeness (QED) is 0.215. The summed E-state index contributed by atoms with van der Waals surface area (Å²) < 4.78 is 5.06. The fourth-order valence-corrected chi connectivity index (χ4v) is 2.96. The predicted octanol–water partition coefficient (Wildman–Crippen LogP) is 4.57. The Kier molecular flexibility index (Phi) is 19.3. The van der Waals surface area contributed by atoms with Crippen molar-refractivity contribution >= 4 is 18.4 Å². The molecule has 158 valence electrons. The molecule has 0 aliphatic heterocycles. The summed E-state index contributed by atoms with van der Waals surface area (Å²) in [5, 5.41) is 0. The minimum Gasteiger partial charge on any atom is -0.430 e. The van der Waals surface area contributed by atoms with Gasteiger partial charge in [-0.2, -0.15) is 0 Å². The van der Waals surface area contributed by atoms with Crippen LogP contribution in [0, 0.1) is 0 Å². The monoisotopic (exact) mass is 393 g/mol. The Morgan fingerprint density at radius 1 is 0.808 bits per heavy atom. The maximum Gasteiger partial charge on any atom is 0.322 e. The number of carbonyl (C=O) groups is 1. The van der Waals surface area contributed by atoms with Gasteiger partial charge in [-0.05, 0) is 25.9 Å². The molecular weight excluding hydrogens is 350 g/mol. The largest absolute Gasteiger partial charge is 0.430 e. The van der Waals surface area contributed by atoms with E-state index in [1.54, 1.807) is 0 Å². The van der Waals surface area contributed by atoms with Gasteiger partial charge in [0.2, 0.25) is 5.85 Å². The summed E-state index contributed by atoms with van der Waals surface area (Å²) in [6, 6.07) is 0.